The lowest BCUT2D eigenvalue weighted by Crippen LogP contribution is -2.49. The van der Waals surface area contributed by atoms with Crippen LogP contribution in [0.15, 0.2) is 46.9 Å². The summed E-state index contributed by atoms with van der Waals surface area (Å²) in [5.74, 6) is -0.292. The number of rotatable bonds is 2. The molecule has 1 saturated heterocycles. The third-order valence-electron chi connectivity index (χ3n) is 7.44. The Morgan fingerprint density at radius 1 is 1.32 bits per heavy atom. The van der Waals surface area contributed by atoms with Gasteiger partial charge in [0.1, 0.15) is 5.56 Å². The van der Waals surface area contributed by atoms with Gasteiger partial charge in [-0.1, -0.05) is 25.1 Å². The molecule has 0 radical (unpaired) electrons. The van der Waals surface area contributed by atoms with Gasteiger partial charge in [-0.2, -0.15) is 0 Å². The van der Waals surface area contributed by atoms with Gasteiger partial charge in [-0.05, 0) is 54.3 Å². The highest BCUT2D eigenvalue weighted by molar-refractivity contribution is 5.90. The summed E-state index contributed by atoms with van der Waals surface area (Å²) in [5.41, 5.74) is 5.54. The molecule has 2 aromatic rings. The number of hydrogen-bond donors (Lipinski definition) is 0. The highest BCUT2D eigenvalue weighted by atomic mass is 16.5. The second kappa shape index (κ2) is 5.16. The number of allylic oxidation sites excluding steroid dienone is 1. The first-order valence-electron chi connectivity index (χ1n) is 10.1. The average Bonchev–Trinajstić information content (AvgIpc) is 3.27. The van der Waals surface area contributed by atoms with Crippen molar-refractivity contribution in [1.29, 1.82) is 0 Å². The van der Waals surface area contributed by atoms with Crippen LogP contribution in [0.25, 0.3) is 5.69 Å². The van der Waals surface area contributed by atoms with E-state index < -0.39 is 5.97 Å². The van der Waals surface area contributed by atoms with Crippen molar-refractivity contribution in [3.8, 4) is 5.69 Å². The SMILES string of the molecule is CCC1=CN2CCC34c5ccccc5-n5c3c(cc(C(=O)OC)c5=O)C1CC24. The van der Waals surface area contributed by atoms with Gasteiger partial charge in [-0.3, -0.25) is 9.36 Å². The molecule has 4 aliphatic rings. The first-order chi connectivity index (χ1) is 13.6. The molecule has 0 N–H and O–H groups in total. The van der Waals surface area contributed by atoms with Gasteiger partial charge >= 0.3 is 5.97 Å². The number of carbonyl (C=O) groups is 1. The van der Waals surface area contributed by atoms with Gasteiger partial charge in [0.15, 0.2) is 0 Å². The van der Waals surface area contributed by atoms with E-state index in [-0.39, 0.29) is 22.5 Å². The predicted octanol–water partition coefficient (Wildman–Crippen LogP) is 3.09. The van der Waals surface area contributed by atoms with E-state index in [9.17, 15) is 9.59 Å². The maximum Gasteiger partial charge on any atom is 0.343 e. The Hall–Kier alpha value is -2.82. The van der Waals surface area contributed by atoms with Crippen LogP contribution in [0.2, 0.25) is 0 Å². The average molecular weight is 374 g/mol. The Labute approximate surface area is 163 Å². The van der Waals surface area contributed by atoms with Gasteiger partial charge in [0, 0.05) is 24.2 Å². The summed E-state index contributed by atoms with van der Waals surface area (Å²) >= 11 is 0. The number of carbonyl (C=O) groups excluding carboxylic acids is 1. The van der Waals surface area contributed by atoms with Crippen LogP contribution in [0, 0.1) is 0 Å². The number of methoxy groups -OCH3 is 1. The molecule has 6 rings (SSSR count). The minimum absolute atomic E-state index is 0.141. The molecule has 3 unspecified atom stereocenters. The van der Waals surface area contributed by atoms with Crippen LogP contribution in [0.5, 0.6) is 0 Å². The molecule has 3 atom stereocenters. The Balaban J connectivity index is 1.78. The molecular weight excluding hydrogens is 352 g/mol. The van der Waals surface area contributed by atoms with E-state index in [0.29, 0.717) is 6.04 Å². The van der Waals surface area contributed by atoms with Gasteiger partial charge in [0.2, 0.25) is 0 Å². The van der Waals surface area contributed by atoms with Crippen LogP contribution in [0.3, 0.4) is 0 Å². The summed E-state index contributed by atoms with van der Waals surface area (Å²) in [5, 5.41) is 0. The van der Waals surface area contributed by atoms with E-state index in [2.05, 4.69) is 30.2 Å². The minimum atomic E-state index is -0.553. The first-order valence-corrected chi connectivity index (χ1v) is 10.1. The van der Waals surface area contributed by atoms with Crippen molar-refractivity contribution < 1.29 is 9.53 Å². The number of pyridine rings is 1. The van der Waals surface area contributed by atoms with Crippen LogP contribution in [-0.2, 0) is 10.2 Å². The molecule has 1 spiro atoms. The fourth-order valence-electron chi connectivity index (χ4n) is 6.35. The van der Waals surface area contributed by atoms with Crippen LogP contribution in [0.1, 0.15) is 59.3 Å². The van der Waals surface area contributed by atoms with Crippen LogP contribution in [0.4, 0.5) is 0 Å². The Bertz CT molecular complexity index is 1150. The van der Waals surface area contributed by atoms with Crippen molar-refractivity contribution in [3.63, 3.8) is 0 Å². The number of nitrogens with zero attached hydrogens (tertiary/aromatic N) is 2. The number of hydrogen-bond acceptors (Lipinski definition) is 4. The zero-order valence-electron chi connectivity index (χ0n) is 16.1. The zero-order chi connectivity index (χ0) is 19.2. The van der Waals surface area contributed by atoms with Gasteiger partial charge < -0.3 is 9.64 Å². The van der Waals surface area contributed by atoms with E-state index in [1.54, 1.807) is 0 Å². The Morgan fingerprint density at radius 2 is 2.14 bits per heavy atom. The molecule has 0 saturated carbocycles. The third kappa shape index (κ3) is 1.61. The molecule has 1 aliphatic carbocycles. The lowest BCUT2D eigenvalue weighted by molar-refractivity contribution is 0.0598. The van der Waals surface area contributed by atoms with Crippen molar-refractivity contribution >= 4 is 5.97 Å². The smallest absolute Gasteiger partial charge is 0.343 e. The lowest BCUT2D eigenvalue weighted by atomic mass is 9.61. The summed E-state index contributed by atoms with van der Waals surface area (Å²) in [6.45, 7) is 3.19. The Morgan fingerprint density at radius 3 is 2.93 bits per heavy atom. The number of para-hydroxylation sites is 1. The van der Waals surface area contributed by atoms with E-state index in [1.807, 2.05) is 22.8 Å². The fourth-order valence-corrected chi connectivity index (χ4v) is 6.35. The molecule has 1 aromatic carbocycles. The summed E-state index contributed by atoms with van der Waals surface area (Å²) < 4.78 is 6.78. The summed E-state index contributed by atoms with van der Waals surface area (Å²) in [6, 6.07) is 10.4. The van der Waals surface area contributed by atoms with Crippen molar-refractivity contribution in [2.45, 2.75) is 43.6 Å². The minimum Gasteiger partial charge on any atom is -0.465 e. The highest BCUT2D eigenvalue weighted by Gasteiger charge is 2.60. The quantitative estimate of drug-likeness (QED) is 0.758. The first kappa shape index (κ1) is 16.2. The summed E-state index contributed by atoms with van der Waals surface area (Å²) in [7, 11) is 1.34. The number of aromatic nitrogens is 1. The van der Waals surface area contributed by atoms with E-state index >= 15 is 0 Å². The molecule has 2 bridgehead atoms. The topological polar surface area (TPSA) is 51.5 Å². The maximum absolute atomic E-state index is 13.4. The number of fused-ring (bicyclic) bond motifs is 4. The fraction of sp³-hybridized carbons (Fsp3) is 0.391. The molecule has 4 heterocycles. The highest BCUT2D eigenvalue weighted by Crippen LogP contribution is 2.61. The van der Waals surface area contributed by atoms with Crippen molar-refractivity contribution in [1.82, 2.24) is 9.47 Å². The number of esters is 1. The van der Waals surface area contributed by atoms with Gasteiger partial charge in [-0.15, -0.1) is 0 Å². The van der Waals surface area contributed by atoms with Crippen molar-refractivity contribution in [3.05, 3.63) is 74.8 Å². The van der Waals surface area contributed by atoms with Crippen LogP contribution in [-0.4, -0.2) is 35.1 Å². The third-order valence-corrected chi connectivity index (χ3v) is 7.44. The standard InChI is InChI=1S/C23H22N2O3/c1-3-13-12-24-9-8-23-17-6-4-5-7-18(17)25-20(23)15(14(13)11-19(23)24)10-16(21(25)26)22(27)28-2/h4-7,10,12,14,19H,3,8-9,11H2,1-2H3. The van der Waals surface area contributed by atoms with E-state index in [4.69, 9.17) is 4.74 Å². The molecule has 1 fully saturated rings. The molecule has 142 valence electrons. The van der Waals surface area contributed by atoms with Crippen LogP contribution >= 0.6 is 0 Å². The zero-order valence-corrected chi connectivity index (χ0v) is 16.1. The largest absolute Gasteiger partial charge is 0.465 e. The maximum atomic E-state index is 13.4. The summed E-state index contributed by atoms with van der Waals surface area (Å²) in [6.07, 6.45) is 5.36. The van der Waals surface area contributed by atoms with Crippen molar-refractivity contribution in [2.24, 2.45) is 0 Å². The van der Waals surface area contributed by atoms with Gasteiger partial charge in [0.05, 0.1) is 18.2 Å². The molecule has 3 aliphatic heterocycles. The normalized spacial score (nSPS) is 27.9. The van der Waals surface area contributed by atoms with Gasteiger partial charge in [-0.25, -0.2) is 4.79 Å². The Kier molecular flexibility index (Phi) is 2.98. The molecular formula is C23H22N2O3. The predicted molar refractivity (Wildman–Crippen MR) is 105 cm³/mol. The second-order valence-corrected chi connectivity index (χ2v) is 8.33. The van der Waals surface area contributed by atoms with Crippen LogP contribution < -0.4 is 5.56 Å². The van der Waals surface area contributed by atoms with E-state index in [0.717, 1.165) is 42.8 Å². The second-order valence-electron chi connectivity index (χ2n) is 8.33. The number of ether oxygens (including phenoxy) is 1. The van der Waals surface area contributed by atoms with Gasteiger partial charge in [0.25, 0.3) is 5.56 Å². The monoisotopic (exact) mass is 374 g/mol. The molecule has 5 heteroatoms. The van der Waals surface area contributed by atoms with Crippen molar-refractivity contribution in [2.75, 3.05) is 13.7 Å². The van der Waals surface area contributed by atoms with E-state index in [1.165, 1.54) is 18.2 Å². The number of benzene rings is 1. The molecule has 5 nitrogen and oxygen atoms in total. The molecule has 0 amide bonds. The molecule has 1 aromatic heterocycles. The molecule has 28 heavy (non-hydrogen) atoms. The summed E-state index contributed by atoms with van der Waals surface area (Å²) in [4.78, 5) is 28.4. The lowest BCUT2D eigenvalue weighted by Gasteiger charge is -2.47.